The van der Waals surface area contributed by atoms with E-state index in [1.807, 2.05) is 10.7 Å². The summed E-state index contributed by atoms with van der Waals surface area (Å²) in [7, 11) is 0. The minimum atomic E-state index is 0.715. The van der Waals surface area contributed by atoms with Crippen molar-refractivity contribution in [1.82, 2.24) is 14.8 Å². The van der Waals surface area contributed by atoms with Crippen molar-refractivity contribution < 1.29 is 0 Å². The van der Waals surface area contributed by atoms with Gasteiger partial charge in [0.25, 0.3) is 0 Å². The van der Waals surface area contributed by atoms with Crippen molar-refractivity contribution >= 4 is 43.2 Å². The molecule has 0 saturated heterocycles. The van der Waals surface area contributed by atoms with Crippen molar-refractivity contribution in [3.05, 3.63) is 31.4 Å². The van der Waals surface area contributed by atoms with E-state index >= 15 is 0 Å². The standard InChI is InChI=1S/C10H11Br2N3S/c1-2-3-10-13-7(6-16-10)5-15-9(12)4-8(11)14-15/h4,6H,2-3,5H2,1H3. The van der Waals surface area contributed by atoms with Gasteiger partial charge in [-0.25, -0.2) is 4.98 Å². The van der Waals surface area contributed by atoms with E-state index in [9.17, 15) is 0 Å². The van der Waals surface area contributed by atoms with Gasteiger partial charge in [0.15, 0.2) is 0 Å². The van der Waals surface area contributed by atoms with Crippen LogP contribution >= 0.6 is 43.2 Å². The third kappa shape index (κ3) is 2.93. The molecule has 0 fully saturated rings. The molecule has 3 nitrogen and oxygen atoms in total. The van der Waals surface area contributed by atoms with Crippen LogP contribution in [0.1, 0.15) is 24.0 Å². The van der Waals surface area contributed by atoms with Crippen LogP contribution in [-0.4, -0.2) is 14.8 Å². The lowest BCUT2D eigenvalue weighted by atomic mass is 10.3. The first kappa shape index (κ1) is 12.3. The fraction of sp³-hybridized carbons (Fsp3) is 0.400. The van der Waals surface area contributed by atoms with Crippen LogP contribution in [0.15, 0.2) is 20.7 Å². The van der Waals surface area contributed by atoms with Crippen LogP contribution in [0, 0.1) is 0 Å². The summed E-state index contributed by atoms with van der Waals surface area (Å²) in [5, 5.41) is 7.62. The van der Waals surface area contributed by atoms with E-state index in [-0.39, 0.29) is 0 Å². The highest BCUT2D eigenvalue weighted by atomic mass is 79.9. The summed E-state index contributed by atoms with van der Waals surface area (Å²) in [6, 6.07) is 1.93. The molecule has 0 aliphatic heterocycles. The van der Waals surface area contributed by atoms with Crippen molar-refractivity contribution in [3.8, 4) is 0 Å². The van der Waals surface area contributed by atoms with E-state index in [0.717, 1.165) is 27.7 Å². The molecule has 2 aromatic heterocycles. The Balaban J connectivity index is 2.11. The summed E-state index contributed by atoms with van der Waals surface area (Å²) >= 11 is 8.53. The average Bonchev–Trinajstić information content (AvgIpc) is 2.76. The fourth-order valence-electron chi connectivity index (χ4n) is 1.38. The molecule has 0 spiro atoms. The van der Waals surface area contributed by atoms with E-state index in [2.05, 4.69) is 54.2 Å². The van der Waals surface area contributed by atoms with Gasteiger partial charge in [-0.1, -0.05) is 6.92 Å². The molecular formula is C10H11Br2N3S. The molecule has 16 heavy (non-hydrogen) atoms. The van der Waals surface area contributed by atoms with Gasteiger partial charge in [0.2, 0.25) is 0 Å². The van der Waals surface area contributed by atoms with Gasteiger partial charge in [-0.2, -0.15) is 5.10 Å². The lowest BCUT2D eigenvalue weighted by Crippen LogP contribution is -2.02. The molecule has 2 aromatic rings. The first-order chi connectivity index (χ1) is 7.69. The Labute approximate surface area is 115 Å². The summed E-state index contributed by atoms with van der Waals surface area (Å²) in [4.78, 5) is 4.57. The Bertz CT molecular complexity index is 478. The summed E-state index contributed by atoms with van der Waals surface area (Å²) in [5.74, 6) is 0. The van der Waals surface area contributed by atoms with Crippen LogP contribution in [0.2, 0.25) is 0 Å². The van der Waals surface area contributed by atoms with Gasteiger partial charge < -0.3 is 0 Å². The second kappa shape index (κ2) is 5.42. The summed E-state index contributed by atoms with van der Waals surface area (Å²) in [6.07, 6.45) is 2.21. The number of rotatable bonds is 4. The predicted molar refractivity (Wildman–Crippen MR) is 72.8 cm³/mol. The minimum Gasteiger partial charge on any atom is -0.251 e. The van der Waals surface area contributed by atoms with Crippen LogP contribution in [0.25, 0.3) is 0 Å². The van der Waals surface area contributed by atoms with Gasteiger partial charge >= 0.3 is 0 Å². The molecule has 0 saturated carbocycles. The zero-order chi connectivity index (χ0) is 11.5. The monoisotopic (exact) mass is 363 g/mol. The van der Waals surface area contributed by atoms with Gasteiger partial charge in [0.1, 0.15) is 9.21 Å². The normalized spacial score (nSPS) is 10.9. The van der Waals surface area contributed by atoms with Crippen LogP contribution in [0.3, 0.4) is 0 Å². The van der Waals surface area contributed by atoms with E-state index < -0.39 is 0 Å². The second-order valence-corrected chi connectivity index (χ2v) is 6.00. The fourth-order valence-corrected chi connectivity index (χ4v) is 3.41. The summed E-state index contributed by atoms with van der Waals surface area (Å²) < 4.78 is 3.68. The third-order valence-corrected chi connectivity index (χ3v) is 4.06. The molecule has 0 atom stereocenters. The van der Waals surface area contributed by atoms with Gasteiger partial charge in [-0.05, 0) is 44.7 Å². The molecule has 0 N–H and O–H groups in total. The maximum absolute atomic E-state index is 4.57. The van der Waals surface area contributed by atoms with Crippen molar-refractivity contribution in [1.29, 1.82) is 0 Å². The zero-order valence-electron chi connectivity index (χ0n) is 8.78. The molecular weight excluding hydrogens is 354 g/mol. The molecule has 0 radical (unpaired) electrons. The molecule has 86 valence electrons. The molecule has 2 rings (SSSR count). The highest BCUT2D eigenvalue weighted by molar-refractivity contribution is 9.11. The molecule has 2 heterocycles. The Kier molecular flexibility index (Phi) is 4.16. The third-order valence-electron chi connectivity index (χ3n) is 2.08. The SMILES string of the molecule is CCCc1nc(Cn2nc(Br)cc2Br)cs1. The number of halogens is 2. The maximum atomic E-state index is 4.57. The van der Waals surface area contributed by atoms with Crippen LogP contribution in [0.4, 0.5) is 0 Å². The van der Waals surface area contributed by atoms with E-state index in [1.165, 1.54) is 5.01 Å². The van der Waals surface area contributed by atoms with Gasteiger partial charge in [0, 0.05) is 11.4 Å². The first-order valence-electron chi connectivity index (χ1n) is 5.01. The van der Waals surface area contributed by atoms with Crippen molar-refractivity contribution in [2.45, 2.75) is 26.3 Å². The highest BCUT2D eigenvalue weighted by Gasteiger charge is 2.06. The maximum Gasteiger partial charge on any atom is 0.129 e. The van der Waals surface area contributed by atoms with Gasteiger partial charge in [-0.15, -0.1) is 11.3 Å². The molecule has 0 amide bonds. The lowest BCUT2D eigenvalue weighted by molar-refractivity contribution is 0.655. The van der Waals surface area contributed by atoms with Gasteiger partial charge in [0.05, 0.1) is 17.2 Å². The number of aromatic nitrogens is 3. The van der Waals surface area contributed by atoms with Gasteiger partial charge in [-0.3, -0.25) is 4.68 Å². The molecule has 0 unspecified atom stereocenters. The van der Waals surface area contributed by atoms with Crippen molar-refractivity contribution in [2.75, 3.05) is 0 Å². The molecule has 0 aromatic carbocycles. The molecule has 0 aliphatic carbocycles. The highest BCUT2D eigenvalue weighted by Crippen LogP contribution is 2.19. The van der Waals surface area contributed by atoms with E-state index in [0.29, 0.717) is 6.54 Å². The smallest absolute Gasteiger partial charge is 0.129 e. The predicted octanol–water partition coefficient (Wildman–Crippen LogP) is 3.87. The summed E-state index contributed by atoms with van der Waals surface area (Å²) in [6.45, 7) is 2.88. The Morgan fingerprint density at radius 3 is 2.88 bits per heavy atom. The Morgan fingerprint density at radius 2 is 2.25 bits per heavy atom. The largest absolute Gasteiger partial charge is 0.251 e. The topological polar surface area (TPSA) is 30.7 Å². The molecule has 6 heteroatoms. The Morgan fingerprint density at radius 1 is 1.44 bits per heavy atom. The quantitative estimate of drug-likeness (QED) is 0.824. The first-order valence-corrected chi connectivity index (χ1v) is 7.47. The number of aryl methyl sites for hydroxylation is 1. The Hall–Kier alpha value is -0.200. The number of nitrogens with zero attached hydrogens (tertiary/aromatic N) is 3. The lowest BCUT2D eigenvalue weighted by Gasteiger charge is -1.99. The number of hydrogen-bond donors (Lipinski definition) is 0. The molecule has 0 aliphatic rings. The summed E-state index contributed by atoms with van der Waals surface area (Å²) in [5.41, 5.74) is 1.07. The van der Waals surface area contributed by atoms with Crippen molar-refractivity contribution in [3.63, 3.8) is 0 Å². The molecule has 0 bridgehead atoms. The number of hydrogen-bond acceptors (Lipinski definition) is 3. The van der Waals surface area contributed by atoms with Crippen LogP contribution in [0.5, 0.6) is 0 Å². The second-order valence-electron chi connectivity index (χ2n) is 3.43. The minimum absolute atomic E-state index is 0.715. The van der Waals surface area contributed by atoms with Crippen molar-refractivity contribution in [2.24, 2.45) is 0 Å². The zero-order valence-corrected chi connectivity index (χ0v) is 12.8. The van der Waals surface area contributed by atoms with E-state index in [4.69, 9.17) is 0 Å². The average molecular weight is 365 g/mol. The van der Waals surface area contributed by atoms with Crippen LogP contribution < -0.4 is 0 Å². The van der Waals surface area contributed by atoms with Crippen LogP contribution in [-0.2, 0) is 13.0 Å². The van der Waals surface area contributed by atoms with E-state index in [1.54, 1.807) is 11.3 Å². The number of thiazole rings is 1.